The number of anilines is 1. The summed E-state index contributed by atoms with van der Waals surface area (Å²) < 4.78 is 21.6. The number of amides is 1. The van der Waals surface area contributed by atoms with E-state index in [2.05, 4.69) is 4.90 Å². The van der Waals surface area contributed by atoms with E-state index in [1.54, 1.807) is 12.0 Å². The van der Waals surface area contributed by atoms with E-state index < -0.39 is 8.32 Å². The Labute approximate surface area is 182 Å². The van der Waals surface area contributed by atoms with E-state index in [9.17, 15) is 9.59 Å². The van der Waals surface area contributed by atoms with E-state index in [0.29, 0.717) is 13.1 Å². The molecule has 3 heterocycles. The molecule has 164 valence electrons. The molecule has 1 atom stereocenters. The lowest BCUT2D eigenvalue weighted by Gasteiger charge is -2.37. The van der Waals surface area contributed by atoms with E-state index in [1.807, 2.05) is 42.5 Å². The number of cyclic esters (lactones) is 1. The number of methoxy groups -OCH3 is 1. The van der Waals surface area contributed by atoms with Gasteiger partial charge in [0.05, 0.1) is 13.7 Å². The first kappa shape index (κ1) is 20.2. The van der Waals surface area contributed by atoms with Crippen molar-refractivity contribution < 1.29 is 28.5 Å². The van der Waals surface area contributed by atoms with Gasteiger partial charge in [0.15, 0.2) is 11.5 Å². The Kier molecular flexibility index (Phi) is 5.25. The molecule has 0 aliphatic carbocycles. The third kappa shape index (κ3) is 3.96. The molecule has 9 heteroatoms. The summed E-state index contributed by atoms with van der Waals surface area (Å²) in [5, 5.41) is 0.995. The molecule has 0 spiro atoms. The Morgan fingerprint density at radius 3 is 2.58 bits per heavy atom. The summed E-state index contributed by atoms with van der Waals surface area (Å²) in [6.07, 6.45) is -0.508. The van der Waals surface area contributed by atoms with Crippen LogP contribution in [-0.4, -0.2) is 70.3 Å². The van der Waals surface area contributed by atoms with Gasteiger partial charge in [-0.1, -0.05) is 6.07 Å². The third-order valence-electron chi connectivity index (χ3n) is 6.31. The number of hydrogen-bond donors (Lipinski definition) is 1. The summed E-state index contributed by atoms with van der Waals surface area (Å²) in [5.74, 6) is 2.21. The fourth-order valence-corrected chi connectivity index (χ4v) is 7.45. The molecule has 8 nitrogen and oxygen atoms in total. The van der Waals surface area contributed by atoms with Crippen molar-refractivity contribution in [1.82, 2.24) is 4.90 Å². The Hall–Kier alpha value is -2.75. The number of fused-ring (bicyclic) bond motifs is 1. The molecule has 0 saturated carbocycles. The Morgan fingerprint density at radius 2 is 1.84 bits per heavy atom. The minimum atomic E-state index is -2.55. The predicted octanol–water partition coefficient (Wildman–Crippen LogP) is 1.91. The normalized spacial score (nSPS) is 22.5. The lowest BCUT2D eigenvalue weighted by atomic mass is 10.2. The van der Waals surface area contributed by atoms with Gasteiger partial charge in [-0.25, -0.2) is 4.79 Å². The monoisotopic (exact) mass is 442 g/mol. The van der Waals surface area contributed by atoms with Gasteiger partial charge in [0, 0.05) is 12.2 Å². The maximum atomic E-state index is 12.4. The van der Waals surface area contributed by atoms with Gasteiger partial charge in [-0.15, -0.1) is 0 Å². The maximum Gasteiger partial charge on any atom is 0.414 e. The quantitative estimate of drug-likeness (QED) is 0.709. The molecule has 3 aliphatic heterocycles. The van der Waals surface area contributed by atoms with Gasteiger partial charge < -0.3 is 23.7 Å². The topological polar surface area (TPSA) is 80.7 Å². The maximum absolute atomic E-state index is 12.4. The fourth-order valence-electron chi connectivity index (χ4n) is 4.46. The van der Waals surface area contributed by atoms with Gasteiger partial charge in [0.1, 0.15) is 11.9 Å². The van der Waals surface area contributed by atoms with Crippen LogP contribution in [0.2, 0.25) is 12.1 Å². The summed E-state index contributed by atoms with van der Waals surface area (Å²) in [6, 6.07) is 14.7. The van der Waals surface area contributed by atoms with Crippen LogP contribution < -0.4 is 24.3 Å². The van der Waals surface area contributed by atoms with Crippen LogP contribution in [0.15, 0.2) is 42.5 Å². The predicted molar refractivity (Wildman–Crippen MR) is 117 cm³/mol. The number of nitrogens with zero attached hydrogens (tertiary/aromatic N) is 2. The average molecular weight is 443 g/mol. The van der Waals surface area contributed by atoms with Crippen LogP contribution in [0.25, 0.3) is 0 Å². The highest BCUT2D eigenvalue weighted by molar-refractivity contribution is 6.85. The van der Waals surface area contributed by atoms with Crippen molar-refractivity contribution in [3.05, 3.63) is 42.5 Å². The Balaban J connectivity index is 1.17. The van der Waals surface area contributed by atoms with Crippen LogP contribution in [-0.2, 0) is 4.74 Å². The second kappa shape index (κ2) is 8.06. The number of carbonyl (C=O) groups is 1. The van der Waals surface area contributed by atoms with Gasteiger partial charge in [-0.2, -0.15) is 0 Å². The average Bonchev–Trinajstić information content (AvgIpc) is 3.41. The molecule has 31 heavy (non-hydrogen) atoms. The van der Waals surface area contributed by atoms with E-state index in [4.69, 9.17) is 18.9 Å². The smallest absolute Gasteiger partial charge is 0.414 e. The number of carbonyl (C=O) groups excluding carboxylic acids is 1. The second-order valence-electron chi connectivity index (χ2n) is 8.21. The first-order chi connectivity index (χ1) is 15.0. The number of benzene rings is 2. The SMILES string of the molecule is COc1ccc(N2C[C@H](CN3CC[Si](O)(c4ccc5c(c4)OCO5)CC3)OC2=O)cc1. The molecule has 3 aliphatic rings. The van der Waals surface area contributed by atoms with Crippen molar-refractivity contribution in [3.8, 4) is 17.2 Å². The van der Waals surface area contributed by atoms with Crippen molar-refractivity contribution in [2.45, 2.75) is 18.2 Å². The number of ether oxygens (including phenoxy) is 4. The van der Waals surface area contributed by atoms with Crippen molar-refractivity contribution in [1.29, 1.82) is 0 Å². The molecule has 0 aromatic heterocycles. The van der Waals surface area contributed by atoms with Crippen LogP contribution in [0.3, 0.4) is 0 Å². The minimum Gasteiger partial charge on any atom is -0.497 e. The third-order valence-corrected chi connectivity index (χ3v) is 9.80. The fraction of sp³-hybridized carbons (Fsp3) is 0.409. The van der Waals surface area contributed by atoms with E-state index in [1.165, 1.54) is 0 Å². The zero-order valence-electron chi connectivity index (χ0n) is 17.5. The zero-order chi connectivity index (χ0) is 21.4. The largest absolute Gasteiger partial charge is 0.497 e. The van der Waals surface area contributed by atoms with Crippen molar-refractivity contribution in [2.24, 2.45) is 0 Å². The number of rotatable bonds is 5. The van der Waals surface area contributed by atoms with E-state index in [0.717, 1.165) is 53.3 Å². The molecule has 2 aromatic carbocycles. The minimum absolute atomic E-state index is 0.187. The highest BCUT2D eigenvalue weighted by atomic mass is 28.4. The summed E-state index contributed by atoms with van der Waals surface area (Å²) in [5.41, 5.74) is 0.802. The van der Waals surface area contributed by atoms with Crippen LogP contribution in [0.5, 0.6) is 17.2 Å². The van der Waals surface area contributed by atoms with Crippen molar-refractivity contribution in [2.75, 3.05) is 45.0 Å². The molecule has 0 unspecified atom stereocenters. The standard InChI is InChI=1S/C22H26N2O6Si/c1-27-17-4-2-16(3-5-17)24-14-18(30-22(24)25)13-23-8-10-31(26,11-9-23)19-6-7-20-21(12-19)29-15-28-20/h2-7,12,18,26H,8-11,13-15H2,1H3/t18-/m0/s1. The summed E-state index contributed by atoms with van der Waals surface area (Å²) in [4.78, 5) is 27.6. The molecular formula is C22H26N2O6Si. The molecule has 2 aromatic rings. The molecule has 2 saturated heterocycles. The molecule has 2 fully saturated rings. The lowest BCUT2D eigenvalue weighted by Crippen LogP contribution is -2.56. The first-order valence-electron chi connectivity index (χ1n) is 10.5. The summed E-state index contributed by atoms with van der Waals surface area (Å²) in [7, 11) is -0.934. The molecule has 1 N–H and O–H groups in total. The first-order valence-corrected chi connectivity index (χ1v) is 12.9. The number of hydrogen-bond acceptors (Lipinski definition) is 7. The Bertz CT molecular complexity index is 961. The van der Waals surface area contributed by atoms with Gasteiger partial charge in [0.25, 0.3) is 0 Å². The van der Waals surface area contributed by atoms with Crippen LogP contribution in [0, 0.1) is 0 Å². The summed E-state index contributed by atoms with van der Waals surface area (Å²) >= 11 is 0. The molecule has 5 rings (SSSR count). The molecule has 0 radical (unpaired) electrons. The molecule has 1 amide bonds. The highest BCUT2D eigenvalue weighted by Gasteiger charge is 2.40. The van der Waals surface area contributed by atoms with Gasteiger partial charge >= 0.3 is 6.09 Å². The second-order valence-corrected chi connectivity index (χ2v) is 11.9. The van der Waals surface area contributed by atoms with E-state index >= 15 is 0 Å². The Morgan fingerprint density at radius 1 is 1.10 bits per heavy atom. The highest BCUT2D eigenvalue weighted by Crippen LogP contribution is 2.32. The van der Waals surface area contributed by atoms with Gasteiger partial charge in [-0.3, -0.25) is 9.80 Å². The summed E-state index contributed by atoms with van der Waals surface area (Å²) in [6.45, 7) is 3.00. The van der Waals surface area contributed by atoms with Crippen LogP contribution in [0.1, 0.15) is 0 Å². The van der Waals surface area contributed by atoms with Crippen molar-refractivity contribution >= 4 is 25.3 Å². The zero-order valence-corrected chi connectivity index (χ0v) is 18.5. The van der Waals surface area contributed by atoms with Crippen LogP contribution in [0.4, 0.5) is 10.5 Å². The van der Waals surface area contributed by atoms with Gasteiger partial charge in [0.2, 0.25) is 15.1 Å². The lowest BCUT2D eigenvalue weighted by molar-refractivity contribution is 0.109. The van der Waals surface area contributed by atoms with Crippen LogP contribution >= 0.6 is 0 Å². The molecular weight excluding hydrogens is 416 g/mol. The van der Waals surface area contributed by atoms with Gasteiger partial charge in [-0.05, 0) is 66.8 Å². The molecule has 0 bridgehead atoms. The van der Waals surface area contributed by atoms with E-state index in [-0.39, 0.29) is 19.0 Å². The van der Waals surface area contributed by atoms with Crippen molar-refractivity contribution in [3.63, 3.8) is 0 Å².